The van der Waals surface area contributed by atoms with Gasteiger partial charge in [0, 0.05) is 11.6 Å². The molecule has 0 amide bonds. The van der Waals surface area contributed by atoms with E-state index in [0.29, 0.717) is 5.52 Å². The van der Waals surface area contributed by atoms with Crippen molar-refractivity contribution in [3.63, 3.8) is 0 Å². The van der Waals surface area contributed by atoms with Crippen LogP contribution in [0.4, 0.5) is 0 Å². The molecule has 0 fully saturated rings. The molecule has 1 aromatic carbocycles. The van der Waals surface area contributed by atoms with Crippen LogP contribution in [-0.4, -0.2) is 13.9 Å². The molecule has 0 spiro atoms. The van der Waals surface area contributed by atoms with Gasteiger partial charge in [0.15, 0.2) is 0 Å². The Morgan fingerprint density at radius 1 is 1.08 bits per heavy atom. The van der Waals surface area contributed by atoms with Crippen LogP contribution in [0.1, 0.15) is 0 Å². The van der Waals surface area contributed by atoms with E-state index in [4.69, 9.17) is 3.76 Å². The molecule has 4 heteroatoms. The minimum atomic E-state index is 0.239. The molecule has 0 bridgehead atoms. The van der Waals surface area contributed by atoms with E-state index in [1.165, 1.54) is 0 Å². The second kappa shape index (κ2) is 4.95. The monoisotopic (exact) mass is 260 g/mol. The van der Waals surface area contributed by atoms with Crippen molar-refractivity contribution in [3.8, 4) is 5.75 Å². The molecule has 0 radical (unpaired) electrons. The van der Waals surface area contributed by atoms with Gasteiger partial charge in [0.05, 0.1) is 0 Å². The number of benzene rings is 1. The third-order valence-electron chi connectivity index (χ3n) is 1.61. The molecular formula is C9H8MoNO2. The molecule has 0 aliphatic carbocycles. The SMILES string of the molecule is Oc1cccc2cccnc12.[OH][Mo]. The number of para-hydroxylation sites is 1. The van der Waals surface area contributed by atoms with Gasteiger partial charge in [-0.25, -0.2) is 0 Å². The zero-order valence-electron chi connectivity index (χ0n) is 6.71. The van der Waals surface area contributed by atoms with Crippen LogP contribution in [0, 0.1) is 0 Å². The molecular weight excluding hydrogens is 250 g/mol. The van der Waals surface area contributed by atoms with Gasteiger partial charge in [-0.1, -0.05) is 18.2 Å². The molecule has 67 valence electrons. The van der Waals surface area contributed by atoms with Crippen LogP contribution in [-0.2, 0) is 20.2 Å². The van der Waals surface area contributed by atoms with Crippen molar-refractivity contribution in [1.29, 1.82) is 0 Å². The van der Waals surface area contributed by atoms with Gasteiger partial charge in [-0.15, -0.1) is 0 Å². The molecule has 0 saturated heterocycles. The molecule has 2 N–H and O–H groups in total. The molecule has 2 rings (SSSR count). The quantitative estimate of drug-likeness (QED) is 0.702. The maximum atomic E-state index is 9.31. The zero-order valence-corrected chi connectivity index (χ0v) is 8.72. The van der Waals surface area contributed by atoms with Crippen molar-refractivity contribution in [2.45, 2.75) is 0 Å². The summed E-state index contributed by atoms with van der Waals surface area (Å²) in [7, 11) is 0. The first-order valence-electron chi connectivity index (χ1n) is 3.59. The summed E-state index contributed by atoms with van der Waals surface area (Å²) in [6.45, 7) is 0. The number of aromatic nitrogens is 1. The van der Waals surface area contributed by atoms with Crippen LogP contribution in [0.2, 0.25) is 0 Å². The van der Waals surface area contributed by atoms with E-state index in [1.54, 1.807) is 18.3 Å². The normalized spacial score (nSPS) is 9.00. The average molecular weight is 258 g/mol. The van der Waals surface area contributed by atoms with Gasteiger partial charge >= 0.3 is 24.0 Å². The Morgan fingerprint density at radius 3 is 2.46 bits per heavy atom. The predicted molar refractivity (Wildman–Crippen MR) is 45.6 cm³/mol. The number of nitrogens with zero attached hydrogens (tertiary/aromatic N) is 1. The molecule has 1 aromatic heterocycles. The molecule has 0 aliphatic heterocycles. The van der Waals surface area contributed by atoms with Gasteiger partial charge in [-0.05, 0) is 12.1 Å². The number of pyridine rings is 1. The van der Waals surface area contributed by atoms with E-state index in [2.05, 4.69) is 4.98 Å². The fourth-order valence-electron chi connectivity index (χ4n) is 1.09. The molecule has 3 nitrogen and oxygen atoms in total. The number of phenolic OH excluding ortho intramolecular Hbond substituents is 1. The van der Waals surface area contributed by atoms with Gasteiger partial charge < -0.3 is 5.11 Å². The van der Waals surface area contributed by atoms with E-state index in [-0.39, 0.29) is 5.75 Å². The first kappa shape index (κ1) is 10.2. The van der Waals surface area contributed by atoms with Crippen molar-refractivity contribution < 1.29 is 29.1 Å². The Bertz CT molecular complexity index is 387. The number of rotatable bonds is 0. The fourth-order valence-corrected chi connectivity index (χ4v) is 1.09. The molecule has 0 saturated carbocycles. The van der Waals surface area contributed by atoms with Crippen LogP contribution in [0.3, 0.4) is 0 Å². The first-order chi connectivity index (χ1) is 6.38. The third kappa shape index (κ3) is 2.26. The van der Waals surface area contributed by atoms with Gasteiger partial charge in [-0.2, -0.15) is 0 Å². The van der Waals surface area contributed by atoms with Crippen molar-refractivity contribution in [2.24, 2.45) is 0 Å². The Hall–Kier alpha value is -0.922. The summed E-state index contributed by atoms with van der Waals surface area (Å²) < 4.78 is 7.01. The van der Waals surface area contributed by atoms with Crippen LogP contribution in [0.5, 0.6) is 5.75 Å². The third-order valence-corrected chi connectivity index (χ3v) is 1.61. The Labute approximate surface area is 87.4 Å². The van der Waals surface area contributed by atoms with Crippen molar-refractivity contribution in [3.05, 3.63) is 36.5 Å². The molecule has 1 heterocycles. The summed E-state index contributed by atoms with van der Waals surface area (Å²) in [5.41, 5.74) is 0.662. The number of phenols is 1. The predicted octanol–water partition coefficient (Wildman–Crippen LogP) is 1.38. The maximum absolute atomic E-state index is 9.31. The number of fused-ring (bicyclic) bond motifs is 1. The van der Waals surface area contributed by atoms with Crippen LogP contribution < -0.4 is 0 Å². The summed E-state index contributed by atoms with van der Waals surface area (Å²) in [6, 6.07) is 9.13. The molecule has 13 heavy (non-hydrogen) atoms. The Morgan fingerprint density at radius 2 is 1.77 bits per heavy atom. The average Bonchev–Trinajstić information content (AvgIpc) is 2.22. The number of hydrogen-bond acceptors (Lipinski definition) is 3. The van der Waals surface area contributed by atoms with Gasteiger partial charge in [0.1, 0.15) is 11.3 Å². The van der Waals surface area contributed by atoms with Crippen LogP contribution in [0.25, 0.3) is 10.9 Å². The summed E-state index contributed by atoms with van der Waals surface area (Å²) in [5, 5.41) is 10.3. The number of hydrogen-bond donors (Lipinski definition) is 2. The molecule has 2 aromatic rings. The van der Waals surface area contributed by atoms with Crippen LogP contribution >= 0.6 is 0 Å². The van der Waals surface area contributed by atoms with Crippen molar-refractivity contribution in [2.75, 3.05) is 0 Å². The fraction of sp³-hybridized carbons (Fsp3) is 0. The second-order valence-corrected chi connectivity index (χ2v) is 2.35. The van der Waals surface area contributed by atoms with Crippen molar-refractivity contribution in [1.82, 2.24) is 4.98 Å². The van der Waals surface area contributed by atoms with E-state index in [9.17, 15) is 5.11 Å². The van der Waals surface area contributed by atoms with E-state index >= 15 is 0 Å². The van der Waals surface area contributed by atoms with E-state index in [0.717, 1.165) is 25.6 Å². The summed E-state index contributed by atoms with van der Waals surface area (Å²) in [5.74, 6) is 0.239. The summed E-state index contributed by atoms with van der Waals surface area (Å²) in [6.07, 6.45) is 1.67. The summed E-state index contributed by atoms with van der Waals surface area (Å²) >= 11 is 0.950. The van der Waals surface area contributed by atoms with Gasteiger partial charge in [0.2, 0.25) is 0 Å². The minimum absolute atomic E-state index is 0.239. The Kier molecular flexibility index (Phi) is 3.87. The van der Waals surface area contributed by atoms with Gasteiger partial charge in [0.25, 0.3) is 0 Å². The molecule has 0 unspecified atom stereocenters. The topological polar surface area (TPSA) is 53.4 Å². The first-order valence-corrected chi connectivity index (χ1v) is 4.48. The van der Waals surface area contributed by atoms with Crippen molar-refractivity contribution >= 4 is 10.9 Å². The standard InChI is InChI=1S/C9H7NO.Mo.H2O/c11-8-5-1-3-7-4-2-6-10-9(7)8;;/h1-6,11H;;1H2/q;+1;/p-1. The summed E-state index contributed by atoms with van der Waals surface area (Å²) in [4.78, 5) is 4.03. The zero-order chi connectivity index (χ0) is 9.68. The van der Waals surface area contributed by atoms with E-state index in [1.807, 2.05) is 18.2 Å². The number of aromatic hydroxyl groups is 1. The van der Waals surface area contributed by atoms with E-state index < -0.39 is 0 Å². The Balaban J connectivity index is 0.000000396. The molecule has 0 atom stereocenters. The van der Waals surface area contributed by atoms with Crippen LogP contribution in [0.15, 0.2) is 36.5 Å². The molecule has 0 aliphatic rings. The second-order valence-electron chi connectivity index (χ2n) is 2.35. The van der Waals surface area contributed by atoms with Gasteiger partial charge in [-0.3, -0.25) is 4.98 Å².